The second-order valence-electron chi connectivity index (χ2n) is 32.6. The molecule has 1 aliphatic carbocycles. The molecule has 3 aliphatic heterocycles. The van der Waals surface area contributed by atoms with E-state index in [0.29, 0.717) is 17.8 Å². The van der Waals surface area contributed by atoms with Gasteiger partial charge < -0.3 is 13.7 Å². The van der Waals surface area contributed by atoms with Crippen molar-refractivity contribution in [3.63, 3.8) is 0 Å². The zero-order valence-electron chi connectivity index (χ0n) is 55.4. The number of benzene rings is 9. The molecular weight excluding hydrogens is 1050 g/mol. The minimum atomic E-state index is -0.646. The quantitative estimate of drug-likeness (QED) is 0.153. The molecule has 0 radical (unpaired) electrons. The highest BCUT2D eigenvalue weighted by Gasteiger charge is 2.55. The highest BCUT2D eigenvalue weighted by molar-refractivity contribution is 7.00. The molecule has 6 heterocycles. The van der Waals surface area contributed by atoms with Gasteiger partial charge in [-0.25, -0.2) is 0 Å². The van der Waals surface area contributed by atoms with Crippen LogP contribution in [0.5, 0.6) is 0 Å². The van der Waals surface area contributed by atoms with E-state index in [1.165, 1.54) is 177 Å². The summed E-state index contributed by atoms with van der Waals surface area (Å²) >= 11 is 0. The van der Waals surface area contributed by atoms with Crippen LogP contribution in [0.3, 0.4) is 0 Å². The number of aromatic nitrogens is 3. The fourth-order valence-electron chi connectivity index (χ4n) is 16.8. The molecule has 4 heteroatoms. The summed E-state index contributed by atoms with van der Waals surface area (Å²) in [4.78, 5) is 0. The molecule has 436 valence electrons. The van der Waals surface area contributed by atoms with Gasteiger partial charge in [-0.1, -0.05) is 217 Å². The molecule has 3 aromatic heterocycles. The Hall–Kier alpha value is -7.56. The van der Waals surface area contributed by atoms with Crippen LogP contribution in [0.1, 0.15) is 229 Å². The van der Waals surface area contributed by atoms with Gasteiger partial charge in [-0.15, -0.1) is 0 Å². The van der Waals surface area contributed by atoms with Gasteiger partial charge in [0.05, 0.1) is 33.0 Å². The van der Waals surface area contributed by atoms with Crippen LogP contribution in [0.15, 0.2) is 133 Å². The molecule has 9 aromatic carbocycles. The van der Waals surface area contributed by atoms with E-state index < -0.39 is 5.41 Å². The molecule has 0 unspecified atom stereocenters. The van der Waals surface area contributed by atoms with E-state index in [2.05, 4.69) is 286 Å². The predicted molar refractivity (Wildman–Crippen MR) is 376 cm³/mol. The molecule has 0 N–H and O–H groups in total. The van der Waals surface area contributed by atoms with Gasteiger partial charge in [0.1, 0.15) is 0 Å². The van der Waals surface area contributed by atoms with Crippen molar-refractivity contribution in [1.82, 2.24) is 13.7 Å². The van der Waals surface area contributed by atoms with Crippen LogP contribution < -0.4 is 16.4 Å². The Labute approximate surface area is 516 Å². The van der Waals surface area contributed by atoms with Crippen molar-refractivity contribution in [3.8, 4) is 28.2 Å². The van der Waals surface area contributed by atoms with Crippen molar-refractivity contribution in [2.24, 2.45) is 0 Å². The number of rotatable bonds is 5. The van der Waals surface area contributed by atoms with Crippen LogP contribution in [0.4, 0.5) is 0 Å². The van der Waals surface area contributed by atoms with Crippen molar-refractivity contribution in [2.45, 2.75) is 189 Å². The van der Waals surface area contributed by atoms with E-state index in [1.807, 2.05) is 0 Å². The predicted octanol–water partition coefficient (Wildman–Crippen LogP) is 20.5. The smallest absolute Gasteiger partial charge is 0.252 e. The number of hydrogen-bond donors (Lipinski definition) is 0. The monoisotopic (exact) mass is 1140 g/mol. The number of nitrogens with zero attached hydrogens (tertiary/aromatic N) is 3. The first-order chi connectivity index (χ1) is 41.0. The van der Waals surface area contributed by atoms with Crippen molar-refractivity contribution >= 4 is 88.5 Å². The minimum absolute atomic E-state index is 0.0734. The Balaban J connectivity index is 1.18. The zero-order chi connectivity index (χ0) is 61.2. The van der Waals surface area contributed by atoms with Crippen LogP contribution in [0.25, 0.3) is 93.6 Å². The SMILES string of the molecule is CC(C)c1ccc(-n2c3ccc(C(C)C)cc3c3c4c5c(C(C)C)cc(C(C)C)cc5n5c4c(cc32)B2c3c-5ccc4c3-n3c5c2cc(C(C)(C)C)cc5c2cc(C(C)(C)C)cc(c23)C42c3cc(C(C)(C)C)ccc3-c3ccc(C(C)(C)C)cc32)cc1. The Morgan fingerprint density at radius 3 is 1.47 bits per heavy atom. The van der Waals surface area contributed by atoms with Crippen LogP contribution in [0, 0.1) is 0 Å². The average molecular weight is 1140 g/mol. The summed E-state index contributed by atoms with van der Waals surface area (Å²) in [5.41, 5.74) is 34.5. The first-order valence-corrected chi connectivity index (χ1v) is 32.9. The highest BCUT2D eigenvalue weighted by Crippen LogP contribution is 2.63. The van der Waals surface area contributed by atoms with Crippen molar-refractivity contribution in [2.75, 3.05) is 0 Å². The molecule has 0 bridgehead atoms. The minimum Gasteiger partial charge on any atom is -0.310 e. The van der Waals surface area contributed by atoms with E-state index in [0.717, 1.165) is 0 Å². The molecular formula is C83H86BN3. The van der Waals surface area contributed by atoms with Gasteiger partial charge in [-0.2, -0.15) is 0 Å². The van der Waals surface area contributed by atoms with Crippen LogP contribution in [-0.4, -0.2) is 20.4 Å². The molecule has 87 heavy (non-hydrogen) atoms. The third-order valence-electron chi connectivity index (χ3n) is 21.7. The molecule has 12 aromatic rings. The van der Waals surface area contributed by atoms with E-state index >= 15 is 0 Å². The Kier molecular flexibility index (Phi) is 11.0. The molecule has 4 aliphatic rings. The number of hydrogen-bond acceptors (Lipinski definition) is 0. The van der Waals surface area contributed by atoms with Gasteiger partial charge in [0.25, 0.3) is 6.71 Å². The topological polar surface area (TPSA) is 14.8 Å². The third kappa shape index (κ3) is 7.08. The summed E-state index contributed by atoms with van der Waals surface area (Å²) in [6, 6.07) is 55.9. The Bertz CT molecular complexity index is 5000. The molecule has 0 saturated carbocycles. The lowest BCUT2D eigenvalue weighted by Gasteiger charge is -2.45. The molecule has 1 spiro atoms. The van der Waals surface area contributed by atoms with Gasteiger partial charge in [-0.3, -0.25) is 0 Å². The summed E-state index contributed by atoms with van der Waals surface area (Å²) in [6.07, 6.45) is 0. The highest BCUT2D eigenvalue weighted by atomic mass is 15.1. The Morgan fingerprint density at radius 1 is 0.356 bits per heavy atom. The maximum Gasteiger partial charge on any atom is 0.252 e. The van der Waals surface area contributed by atoms with Gasteiger partial charge in [0.2, 0.25) is 0 Å². The van der Waals surface area contributed by atoms with Crippen LogP contribution in [-0.2, 0) is 27.1 Å². The molecule has 16 rings (SSSR count). The van der Waals surface area contributed by atoms with E-state index in [9.17, 15) is 0 Å². The molecule has 0 fully saturated rings. The van der Waals surface area contributed by atoms with Crippen LogP contribution >= 0.6 is 0 Å². The first kappa shape index (κ1) is 54.8. The fraction of sp³-hybridized carbons (Fsp3) is 0.349. The van der Waals surface area contributed by atoms with E-state index in [1.54, 1.807) is 0 Å². The number of fused-ring (bicyclic) bond motifs is 18. The van der Waals surface area contributed by atoms with Gasteiger partial charge in [0, 0.05) is 54.9 Å². The van der Waals surface area contributed by atoms with Gasteiger partial charge in [-0.05, 0) is 194 Å². The standard InChI is InChI=1S/C83H86BN3/c1-43(2)47-21-26-54(27-22-47)85-67-31-23-48(44(3)4)33-60(67)72-70(85)42-66-78-73(72)71-57(46(7)8)34-49(45(5)6)35-69(71)86(78)68-32-30-61-77-74(68)84(66)65-41-53(82(18,19)20)37-59-58-36-52(81(15,16)17)40-64(75(58)87(77)76(59)65)83(61)62-38-50(79(9,10)11)24-28-55(62)56-29-25-51(39-63(56)83)80(12,13)14/h21-46H,1-20H3. The second kappa shape index (κ2) is 17.4. The molecule has 3 nitrogen and oxygen atoms in total. The van der Waals surface area contributed by atoms with E-state index in [-0.39, 0.29) is 34.3 Å². The maximum absolute atomic E-state index is 2.84. The Morgan fingerprint density at radius 2 is 0.897 bits per heavy atom. The van der Waals surface area contributed by atoms with Crippen molar-refractivity contribution in [3.05, 3.63) is 200 Å². The lowest BCUT2D eigenvalue weighted by atomic mass is 9.33. The molecule has 0 atom stereocenters. The summed E-state index contributed by atoms with van der Waals surface area (Å²) in [5, 5.41) is 8.24. The zero-order valence-corrected chi connectivity index (χ0v) is 55.4. The summed E-state index contributed by atoms with van der Waals surface area (Å²) in [7, 11) is 0. The molecule has 0 saturated heterocycles. The lowest BCUT2D eigenvalue weighted by Crippen LogP contribution is -2.60. The summed E-state index contributed by atoms with van der Waals surface area (Å²) in [6.45, 7) is 47.9. The molecule has 0 amide bonds. The largest absolute Gasteiger partial charge is 0.310 e. The third-order valence-corrected chi connectivity index (χ3v) is 21.7. The van der Waals surface area contributed by atoms with Crippen molar-refractivity contribution < 1.29 is 0 Å². The van der Waals surface area contributed by atoms with E-state index in [4.69, 9.17) is 0 Å². The second-order valence-corrected chi connectivity index (χ2v) is 32.6. The fourth-order valence-corrected chi connectivity index (χ4v) is 16.8. The van der Waals surface area contributed by atoms with Gasteiger partial charge in [0.15, 0.2) is 0 Å². The average Bonchev–Trinajstić information content (AvgIpc) is 1.54. The lowest BCUT2D eigenvalue weighted by molar-refractivity contribution is 0.583. The van der Waals surface area contributed by atoms with Gasteiger partial charge >= 0.3 is 0 Å². The van der Waals surface area contributed by atoms with Crippen LogP contribution in [0.2, 0.25) is 0 Å². The summed E-state index contributed by atoms with van der Waals surface area (Å²) in [5.74, 6) is 1.44. The summed E-state index contributed by atoms with van der Waals surface area (Å²) < 4.78 is 8.30. The maximum atomic E-state index is 2.84. The first-order valence-electron chi connectivity index (χ1n) is 32.9. The normalized spacial score (nSPS) is 14.9. The van der Waals surface area contributed by atoms with Crippen molar-refractivity contribution in [1.29, 1.82) is 0 Å².